The Labute approximate surface area is 176 Å². The SMILES string of the molecule is CCCN1c2cc(Cl)c(/C=N\NC(=O)c3ccccc3F)cc2C(C)CC1(C)C. The molecule has 3 rings (SSSR count). The normalized spacial score (nSPS) is 18.0. The van der Waals surface area contributed by atoms with E-state index in [1.807, 2.05) is 12.1 Å². The van der Waals surface area contributed by atoms with Crippen LogP contribution in [0, 0.1) is 5.82 Å². The Kier molecular flexibility index (Phi) is 6.27. The lowest BCUT2D eigenvalue weighted by Crippen LogP contribution is -2.48. The number of halogens is 2. The van der Waals surface area contributed by atoms with Gasteiger partial charge in [-0.2, -0.15) is 5.10 Å². The Morgan fingerprint density at radius 3 is 2.79 bits per heavy atom. The van der Waals surface area contributed by atoms with Crippen LogP contribution >= 0.6 is 11.6 Å². The van der Waals surface area contributed by atoms with Crippen LogP contribution < -0.4 is 10.3 Å². The first kappa shape index (κ1) is 21.3. The van der Waals surface area contributed by atoms with Crippen molar-refractivity contribution in [3.63, 3.8) is 0 Å². The number of hydrogen-bond donors (Lipinski definition) is 1. The molecule has 2 aromatic carbocycles. The molecule has 1 amide bonds. The molecule has 0 fully saturated rings. The molecule has 29 heavy (non-hydrogen) atoms. The second-order valence-electron chi connectivity index (χ2n) is 8.18. The topological polar surface area (TPSA) is 44.7 Å². The summed E-state index contributed by atoms with van der Waals surface area (Å²) in [5.74, 6) is -0.803. The standard InChI is InChI=1S/C23H27ClFN3O/c1-5-10-28-21-12-19(24)16(11-18(21)15(2)13-23(28,3)4)14-26-27-22(29)17-8-6-7-9-20(17)25/h6-9,11-12,14-15H,5,10,13H2,1-4H3,(H,27,29)/b26-14-. The van der Waals surface area contributed by atoms with Gasteiger partial charge in [0.15, 0.2) is 0 Å². The highest BCUT2D eigenvalue weighted by molar-refractivity contribution is 6.33. The zero-order valence-corrected chi connectivity index (χ0v) is 18.1. The molecule has 0 radical (unpaired) electrons. The van der Waals surface area contributed by atoms with Gasteiger partial charge in [0.05, 0.1) is 16.8 Å². The van der Waals surface area contributed by atoms with Crippen molar-refractivity contribution in [2.75, 3.05) is 11.4 Å². The van der Waals surface area contributed by atoms with Gasteiger partial charge in [-0.3, -0.25) is 4.79 Å². The van der Waals surface area contributed by atoms with Crippen molar-refractivity contribution in [1.29, 1.82) is 0 Å². The zero-order chi connectivity index (χ0) is 21.2. The fourth-order valence-corrected chi connectivity index (χ4v) is 4.34. The summed E-state index contributed by atoms with van der Waals surface area (Å²) in [5, 5.41) is 4.56. The van der Waals surface area contributed by atoms with E-state index in [0.717, 1.165) is 30.6 Å². The van der Waals surface area contributed by atoms with Crippen molar-refractivity contribution in [3.8, 4) is 0 Å². The minimum atomic E-state index is -0.599. The largest absolute Gasteiger partial charge is 0.366 e. The van der Waals surface area contributed by atoms with E-state index in [1.54, 1.807) is 6.07 Å². The van der Waals surface area contributed by atoms with Gasteiger partial charge in [0.1, 0.15) is 5.82 Å². The summed E-state index contributed by atoms with van der Waals surface area (Å²) in [5.41, 5.74) is 5.50. The second-order valence-corrected chi connectivity index (χ2v) is 8.59. The van der Waals surface area contributed by atoms with E-state index in [9.17, 15) is 9.18 Å². The van der Waals surface area contributed by atoms with E-state index in [0.29, 0.717) is 10.9 Å². The number of benzene rings is 2. The number of carbonyl (C=O) groups is 1. The number of hydrogen-bond acceptors (Lipinski definition) is 3. The zero-order valence-electron chi connectivity index (χ0n) is 17.3. The number of rotatable bonds is 5. The lowest BCUT2D eigenvalue weighted by molar-refractivity contribution is 0.0951. The van der Waals surface area contributed by atoms with Crippen LogP contribution in [-0.4, -0.2) is 24.2 Å². The molecule has 1 aliphatic heterocycles. The average Bonchev–Trinajstić information content (AvgIpc) is 2.66. The first-order valence-corrected chi connectivity index (χ1v) is 10.3. The molecule has 1 unspecified atom stereocenters. The number of amides is 1. The molecule has 0 bridgehead atoms. The Balaban J connectivity index is 1.85. The van der Waals surface area contributed by atoms with Crippen molar-refractivity contribution in [1.82, 2.24) is 5.43 Å². The van der Waals surface area contributed by atoms with Crippen LogP contribution in [0.25, 0.3) is 0 Å². The minimum absolute atomic E-state index is 0.0488. The first-order valence-electron chi connectivity index (χ1n) is 9.93. The summed E-state index contributed by atoms with van der Waals surface area (Å²) in [6.07, 6.45) is 3.61. The smallest absolute Gasteiger partial charge is 0.274 e. The van der Waals surface area contributed by atoms with Gasteiger partial charge < -0.3 is 4.90 Å². The van der Waals surface area contributed by atoms with Crippen molar-refractivity contribution in [2.45, 2.75) is 52.0 Å². The molecular weight excluding hydrogens is 389 g/mol. The Morgan fingerprint density at radius 1 is 1.38 bits per heavy atom. The number of nitrogens with one attached hydrogen (secondary N) is 1. The molecule has 0 spiro atoms. The van der Waals surface area contributed by atoms with Crippen LogP contribution in [0.2, 0.25) is 5.02 Å². The predicted octanol–water partition coefficient (Wildman–Crippen LogP) is 5.75. The molecule has 1 aliphatic rings. The molecule has 0 saturated heterocycles. The van der Waals surface area contributed by atoms with Gasteiger partial charge in [0, 0.05) is 23.3 Å². The maximum absolute atomic E-state index is 13.7. The van der Waals surface area contributed by atoms with Crippen LogP contribution in [0.15, 0.2) is 41.5 Å². The lowest BCUT2D eigenvalue weighted by atomic mass is 9.79. The molecule has 6 heteroatoms. The Hall–Kier alpha value is -2.40. The van der Waals surface area contributed by atoms with Gasteiger partial charge in [-0.05, 0) is 62.4 Å². The molecule has 0 saturated carbocycles. The van der Waals surface area contributed by atoms with Crippen molar-refractivity contribution in [3.05, 3.63) is 63.9 Å². The van der Waals surface area contributed by atoms with E-state index in [2.05, 4.69) is 43.1 Å². The maximum Gasteiger partial charge on any atom is 0.274 e. The third-order valence-electron chi connectivity index (χ3n) is 5.44. The van der Waals surface area contributed by atoms with Gasteiger partial charge in [0.25, 0.3) is 5.91 Å². The molecule has 1 atom stereocenters. The summed E-state index contributed by atoms with van der Waals surface area (Å²) < 4.78 is 13.7. The molecule has 1 heterocycles. The molecule has 4 nitrogen and oxygen atoms in total. The number of anilines is 1. The van der Waals surface area contributed by atoms with Gasteiger partial charge >= 0.3 is 0 Å². The van der Waals surface area contributed by atoms with Crippen LogP contribution in [0.1, 0.15) is 67.9 Å². The highest BCUT2D eigenvalue weighted by Gasteiger charge is 2.36. The molecule has 2 aromatic rings. The monoisotopic (exact) mass is 415 g/mol. The third kappa shape index (κ3) is 4.45. The third-order valence-corrected chi connectivity index (χ3v) is 5.77. The molecule has 0 aromatic heterocycles. The molecular formula is C23H27ClFN3O. The van der Waals surface area contributed by atoms with Crippen LogP contribution in [0.4, 0.5) is 10.1 Å². The maximum atomic E-state index is 13.7. The van der Waals surface area contributed by atoms with E-state index in [1.165, 1.54) is 30.0 Å². The Morgan fingerprint density at radius 2 is 2.10 bits per heavy atom. The van der Waals surface area contributed by atoms with Gasteiger partial charge in [-0.15, -0.1) is 0 Å². The van der Waals surface area contributed by atoms with Crippen LogP contribution in [0.5, 0.6) is 0 Å². The highest BCUT2D eigenvalue weighted by Crippen LogP contribution is 2.45. The summed E-state index contributed by atoms with van der Waals surface area (Å²) in [4.78, 5) is 14.5. The van der Waals surface area contributed by atoms with Crippen molar-refractivity contribution < 1.29 is 9.18 Å². The van der Waals surface area contributed by atoms with Crippen molar-refractivity contribution >= 4 is 29.4 Å². The summed E-state index contributed by atoms with van der Waals surface area (Å²) in [7, 11) is 0. The number of nitrogens with zero attached hydrogens (tertiary/aromatic N) is 2. The quantitative estimate of drug-likeness (QED) is 0.499. The average molecular weight is 416 g/mol. The van der Waals surface area contributed by atoms with E-state index >= 15 is 0 Å². The molecule has 154 valence electrons. The fraction of sp³-hybridized carbons (Fsp3) is 0.391. The number of carbonyl (C=O) groups excluding carboxylic acids is 1. The number of hydrazone groups is 1. The highest BCUT2D eigenvalue weighted by atomic mass is 35.5. The summed E-state index contributed by atoms with van der Waals surface area (Å²) >= 11 is 6.53. The van der Waals surface area contributed by atoms with E-state index in [4.69, 9.17) is 11.6 Å². The molecule has 0 aliphatic carbocycles. The van der Waals surface area contributed by atoms with Gasteiger partial charge in [-0.1, -0.05) is 37.6 Å². The predicted molar refractivity (Wildman–Crippen MR) is 118 cm³/mol. The minimum Gasteiger partial charge on any atom is -0.366 e. The van der Waals surface area contributed by atoms with Gasteiger partial charge in [0.2, 0.25) is 0 Å². The summed E-state index contributed by atoms with van der Waals surface area (Å²) in [6.45, 7) is 9.90. The lowest BCUT2D eigenvalue weighted by Gasteiger charge is -2.47. The Bertz CT molecular complexity index is 942. The van der Waals surface area contributed by atoms with Crippen LogP contribution in [-0.2, 0) is 0 Å². The number of fused-ring (bicyclic) bond motifs is 1. The summed E-state index contributed by atoms with van der Waals surface area (Å²) in [6, 6.07) is 9.82. The van der Waals surface area contributed by atoms with Crippen LogP contribution in [0.3, 0.4) is 0 Å². The van der Waals surface area contributed by atoms with E-state index < -0.39 is 11.7 Å². The van der Waals surface area contributed by atoms with E-state index in [-0.39, 0.29) is 11.1 Å². The van der Waals surface area contributed by atoms with Crippen molar-refractivity contribution in [2.24, 2.45) is 5.10 Å². The first-order chi connectivity index (χ1) is 13.7. The fourth-order valence-electron chi connectivity index (χ4n) is 4.13. The second kappa shape index (κ2) is 8.54. The molecule has 1 N–H and O–H groups in total. The van der Waals surface area contributed by atoms with Gasteiger partial charge in [-0.25, -0.2) is 9.82 Å².